The lowest BCUT2D eigenvalue weighted by Gasteiger charge is -2.07. The molecule has 0 aromatic rings. The molecular formula is C8H15N2O4S+. The molecule has 86 valence electrons. The van der Waals surface area contributed by atoms with Crippen LogP contribution in [0.4, 0.5) is 0 Å². The summed E-state index contributed by atoms with van der Waals surface area (Å²) in [5.41, 5.74) is 0. The molecule has 0 aromatic carbocycles. The summed E-state index contributed by atoms with van der Waals surface area (Å²) in [6.45, 7) is 0.835. The minimum Gasteiger partial charge on any atom is -0.726 e. The van der Waals surface area contributed by atoms with Crippen LogP contribution in [0, 0.1) is 0 Å². The first-order chi connectivity index (χ1) is 6.97. The average molecular weight is 235 g/mol. The highest BCUT2D eigenvalue weighted by atomic mass is 32.3. The molecule has 1 aliphatic rings. The lowest BCUT2D eigenvalue weighted by atomic mass is 10.3. The Morgan fingerprint density at radius 1 is 1.47 bits per heavy atom. The van der Waals surface area contributed by atoms with Gasteiger partial charge in [0.25, 0.3) is 0 Å². The fourth-order valence-corrected chi connectivity index (χ4v) is 1.62. The normalized spacial score (nSPS) is 20.7. The van der Waals surface area contributed by atoms with Crippen LogP contribution in [0.5, 0.6) is 0 Å². The minimum atomic E-state index is -4.52. The van der Waals surface area contributed by atoms with Crippen molar-refractivity contribution in [2.24, 2.45) is 0 Å². The van der Waals surface area contributed by atoms with E-state index in [1.54, 1.807) is 0 Å². The first-order valence-electron chi connectivity index (χ1n) is 4.68. The van der Waals surface area contributed by atoms with Gasteiger partial charge in [0.05, 0.1) is 13.2 Å². The summed E-state index contributed by atoms with van der Waals surface area (Å²) in [7, 11) is -2.58. The molecule has 1 aliphatic heterocycles. The van der Waals surface area contributed by atoms with Crippen LogP contribution in [0.15, 0.2) is 12.4 Å². The Hall–Kier alpha value is -0.760. The third-order valence-electron chi connectivity index (χ3n) is 1.98. The molecule has 1 unspecified atom stereocenters. The maximum absolute atomic E-state index is 10.1. The van der Waals surface area contributed by atoms with Crippen molar-refractivity contribution in [2.75, 3.05) is 20.2 Å². The van der Waals surface area contributed by atoms with Gasteiger partial charge in [-0.1, -0.05) is 0 Å². The Morgan fingerprint density at radius 2 is 2.20 bits per heavy atom. The van der Waals surface area contributed by atoms with E-state index in [0.717, 1.165) is 13.0 Å². The standard InChI is InChI=1S/C8H14N2O4S/c1-9-5-6-10(8-9)4-2-3-7-14-15(11,12)13/h5-6,8H,2-4,7H2,1H3/p+1. The first-order valence-corrected chi connectivity index (χ1v) is 6.02. The highest BCUT2D eigenvalue weighted by molar-refractivity contribution is 7.80. The number of unbranched alkanes of at least 4 members (excludes halogenated alkanes) is 1. The van der Waals surface area contributed by atoms with Crippen LogP contribution in [0.2, 0.25) is 0 Å². The SMILES string of the molecule is C[N+]1=C[NH+](CCCCOS(=O)(=O)[O-])C=C1. The Labute approximate surface area is 89.4 Å². The Bertz CT molecular complexity index is 361. The van der Waals surface area contributed by atoms with E-state index >= 15 is 0 Å². The predicted molar refractivity (Wildman–Crippen MR) is 52.1 cm³/mol. The molecule has 1 N–H and O–H groups in total. The summed E-state index contributed by atoms with van der Waals surface area (Å²) in [4.78, 5) is 1.20. The van der Waals surface area contributed by atoms with Gasteiger partial charge < -0.3 is 4.55 Å². The van der Waals surface area contributed by atoms with E-state index in [-0.39, 0.29) is 6.61 Å². The third kappa shape index (κ3) is 5.63. The van der Waals surface area contributed by atoms with Crippen molar-refractivity contribution in [3.63, 3.8) is 0 Å². The minimum absolute atomic E-state index is 0.0291. The van der Waals surface area contributed by atoms with Crippen molar-refractivity contribution in [1.29, 1.82) is 0 Å². The van der Waals surface area contributed by atoms with Gasteiger partial charge in [0, 0.05) is 0 Å². The van der Waals surface area contributed by atoms with E-state index in [1.807, 2.05) is 30.4 Å². The number of hydrogen-bond acceptors (Lipinski definition) is 4. The van der Waals surface area contributed by atoms with Crippen molar-refractivity contribution in [1.82, 2.24) is 0 Å². The summed E-state index contributed by atoms with van der Waals surface area (Å²) in [5.74, 6) is 0. The zero-order chi connectivity index (χ0) is 11.3. The van der Waals surface area contributed by atoms with Crippen LogP contribution in [0.1, 0.15) is 12.8 Å². The van der Waals surface area contributed by atoms with Crippen LogP contribution < -0.4 is 4.90 Å². The van der Waals surface area contributed by atoms with Gasteiger partial charge in [-0.15, -0.1) is 0 Å². The molecule has 15 heavy (non-hydrogen) atoms. The Balaban J connectivity index is 2.06. The van der Waals surface area contributed by atoms with Gasteiger partial charge in [0.1, 0.15) is 7.05 Å². The van der Waals surface area contributed by atoms with Gasteiger partial charge in [0.15, 0.2) is 6.20 Å². The van der Waals surface area contributed by atoms with Crippen LogP contribution in [0.3, 0.4) is 0 Å². The molecule has 0 radical (unpaired) electrons. The van der Waals surface area contributed by atoms with Crippen LogP contribution in [0.25, 0.3) is 0 Å². The summed E-state index contributed by atoms with van der Waals surface area (Å²) >= 11 is 0. The van der Waals surface area contributed by atoms with Gasteiger partial charge in [-0.25, -0.2) is 13.3 Å². The smallest absolute Gasteiger partial charge is 0.335 e. The molecule has 0 saturated heterocycles. The fraction of sp³-hybridized carbons (Fsp3) is 0.625. The van der Waals surface area contributed by atoms with Gasteiger partial charge in [-0.05, 0) is 12.8 Å². The van der Waals surface area contributed by atoms with E-state index in [0.29, 0.717) is 6.42 Å². The number of nitrogens with zero attached hydrogens (tertiary/aromatic N) is 1. The predicted octanol–water partition coefficient (Wildman–Crippen LogP) is -1.72. The van der Waals surface area contributed by atoms with Gasteiger partial charge in [0.2, 0.25) is 16.6 Å². The average Bonchev–Trinajstić information content (AvgIpc) is 2.49. The maximum Gasteiger partial charge on any atom is 0.335 e. The molecule has 0 amide bonds. The fourth-order valence-electron chi connectivity index (χ4n) is 1.30. The number of rotatable bonds is 6. The highest BCUT2D eigenvalue weighted by Gasteiger charge is 2.13. The summed E-state index contributed by atoms with van der Waals surface area (Å²) in [6.07, 6.45) is 7.33. The third-order valence-corrected chi connectivity index (χ3v) is 2.44. The van der Waals surface area contributed by atoms with Crippen molar-refractivity contribution in [3.8, 4) is 0 Å². The Kier molecular flexibility index (Phi) is 4.40. The molecule has 0 bridgehead atoms. The van der Waals surface area contributed by atoms with E-state index in [1.165, 1.54) is 4.90 Å². The quantitative estimate of drug-likeness (QED) is 0.257. The van der Waals surface area contributed by atoms with Gasteiger partial charge in [-0.2, -0.15) is 4.58 Å². The molecule has 7 heteroatoms. The van der Waals surface area contributed by atoms with Crippen LogP contribution >= 0.6 is 0 Å². The topological polar surface area (TPSA) is 73.9 Å². The molecule has 1 atom stereocenters. The van der Waals surface area contributed by atoms with Crippen molar-refractivity contribution < 1.29 is 26.6 Å². The Morgan fingerprint density at radius 3 is 2.73 bits per heavy atom. The van der Waals surface area contributed by atoms with Crippen LogP contribution in [-0.4, -0.2) is 44.1 Å². The maximum atomic E-state index is 10.1. The molecule has 0 aliphatic carbocycles. The second-order valence-electron chi connectivity index (χ2n) is 3.37. The summed E-state index contributed by atoms with van der Waals surface area (Å²) < 4.78 is 36.3. The first kappa shape index (κ1) is 12.3. The highest BCUT2D eigenvalue weighted by Crippen LogP contribution is 1.91. The number of hydrogen-bond donors (Lipinski definition) is 1. The van der Waals surface area contributed by atoms with E-state index in [2.05, 4.69) is 4.18 Å². The monoisotopic (exact) mass is 235 g/mol. The summed E-state index contributed by atoms with van der Waals surface area (Å²) in [5, 5.41) is 0. The number of quaternary nitrogens is 1. The lowest BCUT2D eigenvalue weighted by Crippen LogP contribution is -3.05. The zero-order valence-electron chi connectivity index (χ0n) is 8.55. The van der Waals surface area contributed by atoms with E-state index in [4.69, 9.17) is 0 Å². The van der Waals surface area contributed by atoms with Gasteiger partial charge in [-0.3, -0.25) is 4.18 Å². The molecule has 0 saturated carbocycles. The largest absolute Gasteiger partial charge is 0.726 e. The second kappa shape index (κ2) is 5.36. The van der Waals surface area contributed by atoms with Crippen molar-refractivity contribution in [3.05, 3.63) is 12.4 Å². The molecule has 0 aromatic heterocycles. The molecular weight excluding hydrogens is 220 g/mol. The van der Waals surface area contributed by atoms with Gasteiger partial charge >= 0.3 is 6.34 Å². The second-order valence-corrected chi connectivity index (χ2v) is 4.42. The van der Waals surface area contributed by atoms with Crippen LogP contribution in [-0.2, 0) is 14.6 Å². The van der Waals surface area contributed by atoms with Crippen molar-refractivity contribution >= 4 is 16.7 Å². The zero-order valence-corrected chi connectivity index (χ0v) is 9.37. The molecule has 1 heterocycles. The molecule has 0 fully saturated rings. The molecule has 0 spiro atoms. The molecule has 6 nitrogen and oxygen atoms in total. The van der Waals surface area contributed by atoms with Crippen molar-refractivity contribution in [2.45, 2.75) is 12.8 Å². The van der Waals surface area contributed by atoms with E-state index in [9.17, 15) is 13.0 Å². The lowest BCUT2D eigenvalue weighted by molar-refractivity contribution is -0.748. The number of nitrogens with one attached hydrogen (secondary N) is 1. The van der Waals surface area contributed by atoms with E-state index < -0.39 is 10.4 Å². The summed E-state index contributed by atoms with van der Waals surface area (Å²) in [6, 6.07) is 0. The molecule has 1 rings (SSSR count).